The monoisotopic (exact) mass is 443 g/mol. The van der Waals surface area contributed by atoms with E-state index in [1.807, 2.05) is 12.1 Å². The Hall–Kier alpha value is -4.22. The number of hydrogen-bond donors (Lipinski definition) is 1. The van der Waals surface area contributed by atoms with Gasteiger partial charge >= 0.3 is 11.6 Å². The Bertz CT molecular complexity index is 1410. The first kappa shape index (κ1) is 21.0. The van der Waals surface area contributed by atoms with Gasteiger partial charge in [0.2, 0.25) is 0 Å². The molecule has 0 fully saturated rings. The van der Waals surface area contributed by atoms with Gasteiger partial charge in [-0.15, -0.1) is 11.3 Å². The van der Waals surface area contributed by atoms with E-state index < -0.39 is 5.63 Å². The number of nitrogens with zero attached hydrogens (tertiary/aromatic N) is 2. The minimum Gasteiger partial charge on any atom is -0.462 e. The quantitative estimate of drug-likeness (QED) is 0.252. The number of allylic oxidation sites excluding steroid dienone is 1. The molecular weight excluding hydrogens is 426 g/mol. The van der Waals surface area contributed by atoms with Crippen LogP contribution in [0.25, 0.3) is 27.8 Å². The summed E-state index contributed by atoms with van der Waals surface area (Å²) in [5.41, 5.74) is 2.25. The lowest BCUT2D eigenvalue weighted by Crippen LogP contribution is -2.04. The molecule has 0 saturated heterocycles. The van der Waals surface area contributed by atoms with Crippen LogP contribution in [0, 0.1) is 11.3 Å². The lowest BCUT2D eigenvalue weighted by molar-refractivity contribution is 0.0526. The predicted molar refractivity (Wildman–Crippen MR) is 123 cm³/mol. The van der Waals surface area contributed by atoms with Gasteiger partial charge in [-0.1, -0.05) is 18.2 Å². The molecule has 4 aromatic rings. The van der Waals surface area contributed by atoms with Gasteiger partial charge in [-0.2, -0.15) is 5.26 Å². The minimum atomic E-state index is -0.483. The van der Waals surface area contributed by atoms with Crippen molar-refractivity contribution in [3.8, 4) is 17.3 Å². The first-order valence-corrected chi connectivity index (χ1v) is 10.6. The first-order chi connectivity index (χ1) is 15.6. The molecule has 8 heteroatoms. The van der Waals surface area contributed by atoms with Gasteiger partial charge in [-0.05, 0) is 43.3 Å². The summed E-state index contributed by atoms with van der Waals surface area (Å²) in [5.74, 6) is -0.388. The van der Waals surface area contributed by atoms with E-state index in [0.717, 1.165) is 5.39 Å². The maximum Gasteiger partial charge on any atom is 0.345 e. The Morgan fingerprint density at radius 1 is 1.25 bits per heavy atom. The van der Waals surface area contributed by atoms with E-state index >= 15 is 0 Å². The Labute approximate surface area is 187 Å². The molecule has 0 radical (unpaired) electrons. The van der Waals surface area contributed by atoms with Gasteiger partial charge < -0.3 is 14.5 Å². The third-order valence-corrected chi connectivity index (χ3v) is 5.43. The van der Waals surface area contributed by atoms with Gasteiger partial charge in [0.15, 0.2) is 0 Å². The highest BCUT2D eigenvalue weighted by molar-refractivity contribution is 7.11. The van der Waals surface area contributed by atoms with Gasteiger partial charge in [0.1, 0.15) is 22.2 Å². The average molecular weight is 443 g/mol. The average Bonchev–Trinajstić information content (AvgIpc) is 3.29. The third kappa shape index (κ3) is 4.43. The number of ether oxygens (including phenoxy) is 1. The summed E-state index contributed by atoms with van der Waals surface area (Å²) in [7, 11) is 0. The van der Waals surface area contributed by atoms with E-state index in [4.69, 9.17) is 9.15 Å². The molecule has 1 N–H and O–H groups in total. The van der Waals surface area contributed by atoms with Gasteiger partial charge in [0, 0.05) is 22.7 Å². The van der Waals surface area contributed by atoms with Crippen LogP contribution in [-0.2, 0) is 4.74 Å². The zero-order chi connectivity index (χ0) is 22.5. The number of para-hydroxylation sites is 1. The second-order valence-electron chi connectivity index (χ2n) is 6.64. The summed E-state index contributed by atoms with van der Waals surface area (Å²) in [6.45, 7) is 2.06. The smallest absolute Gasteiger partial charge is 0.345 e. The molecule has 32 heavy (non-hydrogen) atoms. The third-order valence-electron chi connectivity index (χ3n) is 4.55. The van der Waals surface area contributed by atoms with Crippen molar-refractivity contribution < 1.29 is 13.9 Å². The van der Waals surface area contributed by atoms with Crippen molar-refractivity contribution in [2.75, 3.05) is 11.9 Å². The molecule has 7 nitrogen and oxygen atoms in total. The maximum atomic E-state index is 12.4. The standard InChI is InChI=1S/C24H17N3O4S/c1-2-30-23(28)15-7-9-18(10-8-15)26-13-17(12-25)22-27-20(14-32-22)19-11-16-5-3-4-6-21(16)31-24(19)29/h3-11,13-14,26H,2H2,1H3/b17-13-. The maximum absolute atomic E-state index is 12.4. The molecule has 0 aliphatic heterocycles. The van der Waals surface area contributed by atoms with E-state index in [1.54, 1.807) is 54.8 Å². The molecule has 0 aliphatic carbocycles. The van der Waals surface area contributed by atoms with Crippen molar-refractivity contribution in [1.82, 2.24) is 4.98 Å². The number of rotatable bonds is 6. The molecular formula is C24H17N3O4S. The second-order valence-corrected chi connectivity index (χ2v) is 7.49. The van der Waals surface area contributed by atoms with Crippen molar-refractivity contribution in [3.05, 3.63) is 87.2 Å². The number of carbonyl (C=O) groups is 1. The second kappa shape index (κ2) is 9.29. The van der Waals surface area contributed by atoms with Crippen molar-refractivity contribution in [2.24, 2.45) is 0 Å². The molecule has 0 aliphatic rings. The van der Waals surface area contributed by atoms with Crippen LogP contribution >= 0.6 is 11.3 Å². The lowest BCUT2D eigenvalue weighted by Gasteiger charge is -2.04. The van der Waals surface area contributed by atoms with E-state index in [0.29, 0.717) is 45.3 Å². The molecule has 2 heterocycles. The minimum absolute atomic E-state index is 0.306. The SMILES string of the molecule is CCOC(=O)c1ccc(N/C=C(/C#N)c2nc(-c3cc4ccccc4oc3=O)cs2)cc1. The van der Waals surface area contributed by atoms with Gasteiger partial charge in [0.05, 0.1) is 23.4 Å². The van der Waals surface area contributed by atoms with Gasteiger partial charge in [0.25, 0.3) is 0 Å². The molecule has 2 aromatic heterocycles. The summed E-state index contributed by atoms with van der Waals surface area (Å²) in [6.07, 6.45) is 1.53. The number of benzene rings is 2. The van der Waals surface area contributed by atoms with Crippen molar-refractivity contribution in [1.29, 1.82) is 5.26 Å². The first-order valence-electron chi connectivity index (χ1n) is 9.72. The fraction of sp³-hybridized carbons (Fsp3) is 0.0833. The molecule has 0 unspecified atom stereocenters. The molecule has 0 amide bonds. The van der Waals surface area contributed by atoms with E-state index in [1.165, 1.54) is 17.5 Å². The number of esters is 1. The van der Waals surface area contributed by atoms with Crippen LogP contribution < -0.4 is 10.9 Å². The van der Waals surface area contributed by atoms with Gasteiger partial charge in [-0.25, -0.2) is 14.6 Å². The number of anilines is 1. The van der Waals surface area contributed by atoms with Crippen LogP contribution in [0.2, 0.25) is 0 Å². The normalized spacial score (nSPS) is 11.2. The molecule has 0 atom stereocenters. The largest absolute Gasteiger partial charge is 0.462 e. The zero-order valence-electron chi connectivity index (χ0n) is 17.0. The molecule has 2 aromatic carbocycles. The summed E-state index contributed by atoms with van der Waals surface area (Å²) < 4.78 is 10.3. The Morgan fingerprint density at radius 3 is 2.78 bits per heavy atom. The van der Waals surface area contributed by atoms with Crippen LogP contribution in [0.4, 0.5) is 5.69 Å². The highest BCUT2D eigenvalue weighted by Crippen LogP contribution is 2.26. The van der Waals surface area contributed by atoms with Gasteiger partial charge in [-0.3, -0.25) is 0 Å². The number of thiazole rings is 1. The number of nitriles is 1. The number of fused-ring (bicyclic) bond motifs is 1. The summed E-state index contributed by atoms with van der Waals surface area (Å²) in [6, 6.07) is 17.8. The van der Waals surface area contributed by atoms with E-state index in [9.17, 15) is 14.9 Å². The lowest BCUT2D eigenvalue weighted by atomic mass is 10.1. The van der Waals surface area contributed by atoms with E-state index in [-0.39, 0.29) is 5.97 Å². The molecule has 158 valence electrons. The summed E-state index contributed by atoms with van der Waals surface area (Å²) >= 11 is 1.25. The molecule has 0 saturated carbocycles. The highest BCUT2D eigenvalue weighted by Gasteiger charge is 2.14. The van der Waals surface area contributed by atoms with Crippen LogP contribution in [0.5, 0.6) is 0 Å². The fourth-order valence-electron chi connectivity index (χ4n) is 2.98. The predicted octanol–water partition coefficient (Wildman–Crippen LogP) is 5.07. The fourth-order valence-corrected chi connectivity index (χ4v) is 3.76. The Kier molecular flexibility index (Phi) is 6.10. The summed E-state index contributed by atoms with van der Waals surface area (Å²) in [5, 5.41) is 15.6. The molecule has 0 bridgehead atoms. The van der Waals surface area contributed by atoms with Crippen LogP contribution in [0.3, 0.4) is 0 Å². The van der Waals surface area contributed by atoms with Crippen molar-refractivity contribution in [2.45, 2.75) is 6.92 Å². The molecule has 0 spiro atoms. The highest BCUT2D eigenvalue weighted by atomic mass is 32.1. The van der Waals surface area contributed by atoms with Crippen LogP contribution in [-0.4, -0.2) is 17.6 Å². The number of aromatic nitrogens is 1. The number of nitrogens with one attached hydrogen (secondary N) is 1. The van der Waals surface area contributed by atoms with Crippen LogP contribution in [0.15, 0.2) is 75.4 Å². The number of carbonyl (C=O) groups excluding carboxylic acids is 1. The molecule has 4 rings (SSSR count). The van der Waals surface area contributed by atoms with E-state index in [2.05, 4.69) is 16.4 Å². The summed E-state index contributed by atoms with van der Waals surface area (Å²) in [4.78, 5) is 28.6. The Morgan fingerprint density at radius 2 is 2.03 bits per heavy atom. The topological polar surface area (TPSA) is 105 Å². The van der Waals surface area contributed by atoms with Crippen LogP contribution in [0.1, 0.15) is 22.3 Å². The zero-order valence-corrected chi connectivity index (χ0v) is 17.8. The van der Waals surface area contributed by atoms with Crippen molar-refractivity contribution >= 4 is 39.5 Å². The van der Waals surface area contributed by atoms with Crippen molar-refractivity contribution in [3.63, 3.8) is 0 Å². The number of hydrogen-bond acceptors (Lipinski definition) is 8. The Balaban J connectivity index is 1.56.